The Morgan fingerprint density at radius 3 is 2.58 bits per heavy atom. The molecule has 108 valence electrons. The average Bonchev–Trinajstić information content (AvgIpc) is 2.68. The Morgan fingerprint density at radius 2 is 2.00 bits per heavy atom. The summed E-state index contributed by atoms with van der Waals surface area (Å²) in [5.41, 5.74) is 0. The SMILES string of the molecule is O=C(O)[C@H]1CCCN(C(=O)CC2CCS(=O)(=O)C2)C1. The van der Waals surface area contributed by atoms with Gasteiger partial charge in [-0.2, -0.15) is 0 Å². The standard InChI is InChI=1S/C12H19NO5S/c14-11(6-9-3-5-19(17,18)8-9)13-4-1-2-10(7-13)12(15)16/h9-10H,1-8H2,(H,15,16)/t9?,10-/m0/s1. The summed E-state index contributed by atoms with van der Waals surface area (Å²) in [5, 5.41) is 8.97. The molecule has 1 N–H and O–H groups in total. The predicted molar refractivity (Wildman–Crippen MR) is 68.3 cm³/mol. The summed E-state index contributed by atoms with van der Waals surface area (Å²) >= 11 is 0. The molecule has 2 rings (SSSR count). The van der Waals surface area contributed by atoms with Crippen LogP contribution < -0.4 is 0 Å². The minimum absolute atomic E-state index is 0.0922. The number of rotatable bonds is 3. The Kier molecular flexibility index (Phi) is 4.13. The van der Waals surface area contributed by atoms with E-state index in [1.54, 1.807) is 4.90 Å². The van der Waals surface area contributed by atoms with Gasteiger partial charge in [-0.3, -0.25) is 9.59 Å². The van der Waals surface area contributed by atoms with E-state index in [0.29, 0.717) is 25.8 Å². The van der Waals surface area contributed by atoms with Gasteiger partial charge in [0.15, 0.2) is 9.84 Å². The van der Waals surface area contributed by atoms with Gasteiger partial charge in [0.25, 0.3) is 0 Å². The van der Waals surface area contributed by atoms with Crippen molar-refractivity contribution < 1.29 is 23.1 Å². The molecule has 0 aromatic heterocycles. The molecule has 2 heterocycles. The first kappa shape index (κ1) is 14.3. The number of hydrogen-bond donors (Lipinski definition) is 1. The monoisotopic (exact) mass is 289 g/mol. The van der Waals surface area contributed by atoms with Crippen molar-refractivity contribution in [1.82, 2.24) is 4.90 Å². The third-order valence-electron chi connectivity index (χ3n) is 3.91. The quantitative estimate of drug-likeness (QED) is 0.797. The topological polar surface area (TPSA) is 91.8 Å². The van der Waals surface area contributed by atoms with E-state index in [9.17, 15) is 18.0 Å². The molecule has 0 spiro atoms. The van der Waals surface area contributed by atoms with Crippen LogP contribution in [0.15, 0.2) is 0 Å². The van der Waals surface area contributed by atoms with Crippen LogP contribution in [0.4, 0.5) is 0 Å². The summed E-state index contributed by atoms with van der Waals surface area (Å²) < 4.78 is 22.7. The lowest BCUT2D eigenvalue weighted by atomic mass is 9.97. The number of sulfone groups is 1. The molecule has 1 unspecified atom stereocenters. The molecule has 2 aliphatic rings. The van der Waals surface area contributed by atoms with Crippen LogP contribution in [0.25, 0.3) is 0 Å². The fraction of sp³-hybridized carbons (Fsp3) is 0.833. The molecule has 0 bridgehead atoms. The van der Waals surface area contributed by atoms with E-state index in [1.807, 2.05) is 0 Å². The molecule has 2 saturated heterocycles. The van der Waals surface area contributed by atoms with Gasteiger partial charge in [0.1, 0.15) is 0 Å². The van der Waals surface area contributed by atoms with Gasteiger partial charge in [0, 0.05) is 19.5 Å². The summed E-state index contributed by atoms with van der Waals surface area (Å²) in [6, 6.07) is 0. The molecular formula is C12H19NO5S. The van der Waals surface area contributed by atoms with Gasteiger partial charge in [-0.1, -0.05) is 0 Å². The molecule has 6 nitrogen and oxygen atoms in total. The number of nitrogens with zero attached hydrogens (tertiary/aromatic N) is 1. The number of likely N-dealkylation sites (tertiary alicyclic amines) is 1. The molecule has 0 aromatic carbocycles. The summed E-state index contributed by atoms with van der Waals surface area (Å²) in [5.74, 6) is -1.28. The molecule has 0 radical (unpaired) electrons. The van der Waals surface area contributed by atoms with Crippen LogP contribution >= 0.6 is 0 Å². The first-order valence-electron chi connectivity index (χ1n) is 6.58. The van der Waals surface area contributed by atoms with E-state index < -0.39 is 21.7 Å². The number of amides is 1. The Labute approximate surface area is 112 Å². The summed E-state index contributed by atoms with van der Waals surface area (Å²) in [6.45, 7) is 0.843. The van der Waals surface area contributed by atoms with Crippen molar-refractivity contribution in [3.63, 3.8) is 0 Å². The lowest BCUT2D eigenvalue weighted by Gasteiger charge is -2.31. The van der Waals surface area contributed by atoms with Crippen molar-refractivity contribution in [2.24, 2.45) is 11.8 Å². The molecule has 0 aliphatic carbocycles. The van der Waals surface area contributed by atoms with E-state index >= 15 is 0 Å². The molecular weight excluding hydrogens is 270 g/mol. The van der Waals surface area contributed by atoms with Gasteiger partial charge in [0.05, 0.1) is 17.4 Å². The van der Waals surface area contributed by atoms with Crippen LogP contribution in [0.3, 0.4) is 0 Å². The maximum absolute atomic E-state index is 12.1. The first-order chi connectivity index (χ1) is 8.87. The second kappa shape index (κ2) is 5.48. The number of hydrogen-bond acceptors (Lipinski definition) is 4. The number of piperidine rings is 1. The lowest BCUT2D eigenvalue weighted by molar-refractivity contribution is -0.145. The Bertz CT molecular complexity index is 473. The molecule has 2 atom stereocenters. The third kappa shape index (κ3) is 3.68. The van der Waals surface area contributed by atoms with E-state index in [1.165, 1.54) is 0 Å². The van der Waals surface area contributed by atoms with Crippen molar-refractivity contribution in [1.29, 1.82) is 0 Å². The van der Waals surface area contributed by atoms with Gasteiger partial charge < -0.3 is 10.0 Å². The number of carbonyl (C=O) groups excluding carboxylic acids is 1. The van der Waals surface area contributed by atoms with Crippen LogP contribution in [-0.4, -0.2) is 54.9 Å². The number of carbonyl (C=O) groups is 2. The number of aliphatic carboxylic acids is 1. The highest BCUT2D eigenvalue weighted by molar-refractivity contribution is 7.91. The van der Waals surface area contributed by atoms with Crippen LogP contribution in [0, 0.1) is 11.8 Å². The minimum Gasteiger partial charge on any atom is -0.481 e. The van der Waals surface area contributed by atoms with E-state index in [2.05, 4.69) is 0 Å². The molecule has 19 heavy (non-hydrogen) atoms. The van der Waals surface area contributed by atoms with Crippen molar-refractivity contribution in [3.8, 4) is 0 Å². The second-order valence-corrected chi connectivity index (χ2v) is 7.72. The lowest BCUT2D eigenvalue weighted by Crippen LogP contribution is -2.42. The number of carboxylic acids is 1. The molecule has 2 aliphatic heterocycles. The zero-order valence-electron chi connectivity index (χ0n) is 10.7. The van der Waals surface area contributed by atoms with Gasteiger partial charge in [-0.05, 0) is 25.2 Å². The fourth-order valence-corrected chi connectivity index (χ4v) is 4.68. The Balaban J connectivity index is 1.88. The van der Waals surface area contributed by atoms with Crippen molar-refractivity contribution in [2.45, 2.75) is 25.7 Å². The summed E-state index contributed by atoms with van der Waals surface area (Å²) in [7, 11) is -2.96. The second-order valence-electron chi connectivity index (χ2n) is 5.49. The number of carboxylic acid groups (broad SMARTS) is 1. The molecule has 0 saturated carbocycles. The third-order valence-corrected chi connectivity index (χ3v) is 5.75. The fourth-order valence-electron chi connectivity index (χ4n) is 2.81. The van der Waals surface area contributed by atoms with Crippen molar-refractivity contribution in [3.05, 3.63) is 0 Å². The Hall–Kier alpha value is -1.11. The molecule has 2 fully saturated rings. The van der Waals surface area contributed by atoms with Crippen LogP contribution in [-0.2, 0) is 19.4 Å². The summed E-state index contributed by atoms with van der Waals surface area (Å²) in [4.78, 5) is 24.6. The van der Waals surface area contributed by atoms with Gasteiger partial charge in [0.2, 0.25) is 5.91 Å². The zero-order valence-corrected chi connectivity index (χ0v) is 11.6. The Morgan fingerprint density at radius 1 is 1.26 bits per heavy atom. The normalized spacial score (nSPS) is 30.2. The molecule has 0 aromatic rings. The van der Waals surface area contributed by atoms with E-state index in [4.69, 9.17) is 5.11 Å². The van der Waals surface area contributed by atoms with E-state index in [-0.39, 0.29) is 36.3 Å². The minimum atomic E-state index is -2.96. The van der Waals surface area contributed by atoms with Gasteiger partial charge in [-0.25, -0.2) is 8.42 Å². The van der Waals surface area contributed by atoms with Crippen LogP contribution in [0.2, 0.25) is 0 Å². The maximum atomic E-state index is 12.1. The van der Waals surface area contributed by atoms with Gasteiger partial charge >= 0.3 is 5.97 Å². The average molecular weight is 289 g/mol. The van der Waals surface area contributed by atoms with Crippen molar-refractivity contribution in [2.75, 3.05) is 24.6 Å². The summed E-state index contributed by atoms with van der Waals surface area (Å²) in [6.07, 6.45) is 2.08. The highest BCUT2D eigenvalue weighted by Gasteiger charge is 2.33. The predicted octanol–water partition coefficient (Wildman–Crippen LogP) is 0.134. The largest absolute Gasteiger partial charge is 0.481 e. The maximum Gasteiger partial charge on any atom is 0.308 e. The molecule has 1 amide bonds. The highest BCUT2D eigenvalue weighted by atomic mass is 32.2. The van der Waals surface area contributed by atoms with Crippen LogP contribution in [0.1, 0.15) is 25.7 Å². The van der Waals surface area contributed by atoms with Crippen LogP contribution in [0.5, 0.6) is 0 Å². The molecule has 7 heteroatoms. The van der Waals surface area contributed by atoms with Gasteiger partial charge in [-0.15, -0.1) is 0 Å². The zero-order chi connectivity index (χ0) is 14.0. The highest BCUT2D eigenvalue weighted by Crippen LogP contribution is 2.24. The smallest absolute Gasteiger partial charge is 0.308 e. The van der Waals surface area contributed by atoms with Crippen molar-refractivity contribution >= 4 is 21.7 Å². The first-order valence-corrected chi connectivity index (χ1v) is 8.40. The van der Waals surface area contributed by atoms with E-state index in [0.717, 1.165) is 0 Å².